The summed E-state index contributed by atoms with van der Waals surface area (Å²) in [6, 6.07) is 5.14. The molecular weight excluding hydrogens is 327 g/mol. The quantitative estimate of drug-likeness (QED) is 0.868. The predicted octanol–water partition coefficient (Wildman–Crippen LogP) is 2.56. The summed E-state index contributed by atoms with van der Waals surface area (Å²) >= 11 is 1.25. The SMILES string of the molecule is CC1C(NC(=O)c2cnc(-c3cccc(F)n3)s2)C2CCN1CC2. The Morgan fingerprint density at radius 1 is 1.38 bits per heavy atom. The first kappa shape index (κ1) is 15.7. The van der Waals surface area contributed by atoms with E-state index in [1.54, 1.807) is 18.3 Å². The van der Waals surface area contributed by atoms with E-state index in [2.05, 4.69) is 27.1 Å². The van der Waals surface area contributed by atoms with Crippen molar-refractivity contribution in [3.8, 4) is 10.7 Å². The average Bonchev–Trinajstić information content (AvgIpc) is 3.09. The van der Waals surface area contributed by atoms with E-state index in [1.807, 2.05) is 0 Å². The lowest BCUT2D eigenvalue weighted by Crippen LogP contribution is -2.62. The average molecular weight is 346 g/mol. The Morgan fingerprint density at radius 2 is 2.17 bits per heavy atom. The van der Waals surface area contributed by atoms with Gasteiger partial charge in [0.2, 0.25) is 5.95 Å². The van der Waals surface area contributed by atoms with Crippen molar-refractivity contribution in [2.75, 3.05) is 13.1 Å². The molecule has 3 fully saturated rings. The Hall–Kier alpha value is -1.86. The van der Waals surface area contributed by atoms with Gasteiger partial charge in [-0.05, 0) is 50.9 Å². The van der Waals surface area contributed by atoms with E-state index in [0.29, 0.717) is 27.5 Å². The lowest BCUT2D eigenvalue weighted by molar-refractivity contribution is 0.0218. The molecule has 3 aliphatic heterocycles. The van der Waals surface area contributed by atoms with Gasteiger partial charge in [0.05, 0.1) is 6.20 Å². The molecule has 24 heavy (non-hydrogen) atoms. The van der Waals surface area contributed by atoms with Gasteiger partial charge in [-0.3, -0.25) is 9.69 Å². The fourth-order valence-electron chi connectivity index (χ4n) is 3.79. The summed E-state index contributed by atoms with van der Waals surface area (Å²) in [4.78, 5) is 23.6. The molecular formula is C17H19FN4OS. The number of pyridine rings is 1. The molecule has 1 amide bonds. The number of nitrogens with one attached hydrogen (secondary N) is 1. The molecule has 0 aliphatic carbocycles. The lowest BCUT2D eigenvalue weighted by atomic mass is 9.79. The van der Waals surface area contributed by atoms with Crippen LogP contribution in [0.25, 0.3) is 10.7 Å². The Kier molecular flexibility index (Phi) is 4.05. The van der Waals surface area contributed by atoms with Crippen molar-refractivity contribution in [3.63, 3.8) is 0 Å². The van der Waals surface area contributed by atoms with Crippen molar-refractivity contribution >= 4 is 17.2 Å². The van der Waals surface area contributed by atoms with Crippen molar-refractivity contribution in [1.82, 2.24) is 20.2 Å². The van der Waals surface area contributed by atoms with Crippen LogP contribution in [0.4, 0.5) is 4.39 Å². The fraction of sp³-hybridized carbons (Fsp3) is 0.471. The summed E-state index contributed by atoms with van der Waals surface area (Å²) in [6.45, 7) is 4.45. The number of carbonyl (C=O) groups excluding carboxylic acids is 1. The zero-order valence-corrected chi connectivity index (χ0v) is 14.2. The summed E-state index contributed by atoms with van der Waals surface area (Å²) in [7, 11) is 0. The summed E-state index contributed by atoms with van der Waals surface area (Å²) in [5, 5.41) is 3.74. The van der Waals surface area contributed by atoms with Crippen LogP contribution in [0.5, 0.6) is 0 Å². The molecule has 0 spiro atoms. The highest BCUT2D eigenvalue weighted by Gasteiger charge is 2.40. The zero-order valence-electron chi connectivity index (χ0n) is 13.4. The number of amides is 1. The highest BCUT2D eigenvalue weighted by Crippen LogP contribution is 2.32. The van der Waals surface area contributed by atoms with Crippen LogP contribution in [0.3, 0.4) is 0 Å². The maximum absolute atomic E-state index is 13.2. The van der Waals surface area contributed by atoms with Gasteiger partial charge in [-0.2, -0.15) is 4.39 Å². The molecule has 7 heteroatoms. The number of nitrogens with zero attached hydrogens (tertiary/aromatic N) is 3. The number of aromatic nitrogens is 2. The van der Waals surface area contributed by atoms with E-state index in [-0.39, 0.29) is 11.9 Å². The number of thiazole rings is 1. The normalized spacial score (nSPS) is 28.8. The van der Waals surface area contributed by atoms with E-state index in [1.165, 1.54) is 17.4 Å². The van der Waals surface area contributed by atoms with Crippen LogP contribution in [-0.2, 0) is 0 Å². The standard InChI is InChI=1S/C17H19FN4OS/c1-10-15(11-5-7-22(10)8-6-11)21-16(23)13-9-19-17(24-13)12-3-2-4-14(18)20-12/h2-4,9-11,15H,5-8H2,1H3,(H,21,23). The van der Waals surface area contributed by atoms with Crippen LogP contribution in [0, 0.1) is 11.9 Å². The molecule has 5 rings (SSSR count). The van der Waals surface area contributed by atoms with E-state index >= 15 is 0 Å². The van der Waals surface area contributed by atoms with Crippen LogP contribution in [-0.4, -0.2) is 45.9 Å². The van der Waals surface area contributed by atoms with Gasteiger partial charge in [-0.25, -0.2) is 9.97 Å². The fourth-order valence-corrected chi connectivity index (χ4v) is 4.58. The second kappa shape index (κ2) is 6.22. The Labute approximate surface area is 143 Å². The zero-order chi connectivity index (χ0) is 16.7. The topological polar surface area (TPSA) is 58.1 Å². The van der Waals surface area contributed by atoms with Crippen LogP contribution < -0.4 is 5.32 Å². The van der Waals surface area contributed by atoms with Crippen LogP contribution in [0.15, 0.2) is 24.4 Å². The molecule has 1 N–H and O–H groups in total. The first-order valence-electron chi connectivity index (χ1n) is 8.25. The maximum Gasteiger partial charge on any atom is 0.263 e. The highest BCUT2D eigenvalue weighted by atomic mass is 32.1. The van der Waals surface area contributed by atoms with E-state index in [9.17, 15) is 9.18 Å². The molecule has 2 unspecified atom stereocenters. The number of rotatable bonds is 3. The van der Waals surface area contributed by atoms with E-state index in [4.69, 9.17) is 0 Å². The largest absolute Gasteiger partial charge is 0.347 e. The Morgan fingerprint density at radius 3 is 2.88 bits per heavy atom. The number of halogens is 1. The predicted molar refractivity (Wildman–Crippen MR) is 90.3 cm³/mol. The Bertz CT molecular complexity index is 755. The molecule has 5 nitrogen and oxygen atoms in total. The Balaban J connectivity index is 1.49. The third kappa shape index (κ3) is 2.82. The van der Waals surface area contributed by atoms with Gasteiger partial charge in [-0.1, -0.05) is 6.07 Å². The minimum atomic E-state index is -0.546. The van der Waals surface area contributed by atoms with Crippen molar-refractivity contribution in [2.45, 2.75) is 31.8 Å². The van der Waals surface area contributed by atoms with Crippen LogP contribution >= 0.6 is 11.3 Å². The van der Waals surface area contributed by atoms with Crippen molar-refractivity contribution < 1.29 is 9.18 Å². The summed E-state index contributed by atoms with van der Waals surface area (Å²) in [5.41, 5.74) is 0.454. The number of piperidine rings is 3. The minimum absolute atomic E-state index is 0.0965. The molecule has 126 valence electrons. The molecule has 5 heterocycles. The second-order valence-electron chi connectivity index (χ2n) is 6.49. The summed E-state index contributed by atoms with van der Waals surface area (Å²) in [5.74, 6) is -0.0817. The van der Waals surface area contributed by atoms with Gasteiger partial charge >= 0.3 is 0 Å². The molecule has 0 aromatic carbocycles. The third-order valence-corrected chi connectivity index (χ3v) is 6.16. The van der Waals surface area contributed by atoms with Gasteiger partial charge in [0.25, 0.3) is 5.91 Å². The molecule has 0 radical (unpaired) electrons. The van der Waals surface area contributed by atoms with Gasteiger partial charge < -0.3 is 5.32 Å². The monoisotopic (exact) mass is 346 g/mol. The van der Waals surface area contributed by atoms with Gasteiger partial charge in [-0.15, -0.1) is 11.3 Å². The van der Waals surface area contributed by atoms with Crippen LogP contribution in [0.1, 0.15) is 29.4 Å². The van der Waals surface area contributed by atoms with Crippen LogP contribution in [0.2, 0.25) is 0 Å². The summed E-state index contributed by atoms with van der Waals surface area (Å²) < 4.78 is 13.2. The van der Waals surface area contributed by atoms with Crippen molar-refractivity contribution in [3.05, 3.63) is 35.2 Å². The first-order valence-corrected chi connectivity index (χ1v) is 9.07. The molecule has 3 saturated heterocycles. The van der Waals surface area contributed by atoms with Gasteiger partial charge in [0.15, 0.2) is 0 Å². The molecule has 2 aromatic rings. The summed E-state index contributed by atoms with van der Waals surface area (Å²) in [6.07, 6.45) is 3.85. The first-order chi connectivity index (χ1) is 11.6. The molecule has 2 atom stereocenters. The number of fused-ring (bicyclic) bond motifs is 3. The minimum Gasteiger partial charge on any atom is -0.347 e. The lowest BCUT2D eigenvalue weighted by Gasteiger charge is -2.49. The smallest absolute Gasteiger partial charge is 0.263 e. The van der Waals surface area contributed by atoms with Gasteiger partial charge in [0.1, 0.15) is 15.6 Å². The van der Waals surface area contributed by atoms with Crippen molar-refractivity contribution in [1.29, 1.82) is 0 Å². The number of hydrogen-bond acceptors (Lipinski definition) is 5. The molecule has 0 saturated carbocycles. The van der Waals surface area contributed by atoms with E-state index < -0.39 is 5.95 Å². The highest BCUT2D eigenvalue weighted by molar-refractivity contribution is 7.16. The molecule has 2 bridgehead atoms. The second-order valence-corrected chi connectivity index (χ2v) is 7.52. The van der Waals surface area contributed by atoms with Crippen molar-refractivity contribution in [2.24, 2.45) is 5.92 Å². The number of hydrogen-bond donors (Lipinski definition) is 1. The molecule has 2 aromatic heterocycles. The van der Waals surface area contributed by atoms with Gasteiger partial charge in [0, 0.05) is 12.1 Å². The van der Waals surface area contributed by atoms with E-state index in [0.717, 1.165) is 25.9 Å². The molecule has 3 aliphatic rings. The third-order valence-electron chi connectivity index (χ3n) is 5.14. The maximum atomic E-state index is 13.2. The number of carbonyl (C=O) groups is 1.